The van der Waals surface area contributed by atoms with Gasteiger partial charge in [0.2, 0.25) is 0 Å². The molecule has 0 saturated carbocycles. The first-order valence-electron chi connectivity index (χ1n) is 12.1. The molecule has 0 spiro atoms. The van der Waals surface area contributed by atoms with Crippen molar-refractivity contribution in [1.29, 1.82) is 0 Å². The van der Waals surface area contributed by atoms with Gasteiger partial charge < -0.3 is 4.98 Å². The molecule has 0 saturated heterocycles. The molecule has 172 valence electrons. The van der Waals surface area contributed by atoms with E-state index in [9.17, 15) is 0 Å². The number of benzene rings is 4. The van der Waals surface area contributed by atoms with E-state index >= 15 is 0 Å². The molecular weight excluding hydrogens is 428 g/mol. The summed E-state index contributed by atoms with van der Waals surface area (Å²) in [7, 11) is 0. The maximum Gasteiger partial charge on any atom is 0.0876 e. The quantitative estimate of drug-likeness (QED) is 0.299. The van der Waals surface area contributed by atoms with E-state index in [1.807, 2.05) is 10.9 Å². The molecule has 1 N–H and O–H groups in total. The minimum Gasteiger partial charge on any atom is -0.354 e. The van der Waals surface area contributed by atoms with E-state index in [0.29, 0.717) is 0 Å². The molecule has 4 nitrogen and oxygen atoms in total. The molecule has 2 heterocycles. The first-order valence-corrected chi connectivity index (χ1v) is 12.1. The van der Waals surface area contributed by atoms with Crippen molar-refractivity contribution in [2.75, 3.05) is 0 Å². The molecule has 35 heavy (non-hydrogen) atoms. The summed E-state index contributed by atoms with van der Waals surface area (Å²) in [4.78, 5) is 3.58. The standard InChI is InChI=1S/C31H28N4/c1-31(2,3)24-15-11-21(12-16-24)22-13-17-26(18-14-22)35-20-25(33-34-35)19-23-7-6-9-28-27-8-4-5-10-29(27)32-30(23)28/h4-18,20,32H,19H2,1-3H3. The highest BCUT2D eigenvalue weighted by Gasteiger charge is 2.13. The highest BCUT2D eigenvalue weighted by molar-refractivity contribution is 6.08. The Labute approximate surface area is 205 Å². The Morgan fingerprint density at radius 3 is 2.17 bits per heavy atom. The number of nitrogens with zero attached hydrogens (tertiary/aromatic N) is 3. The van der Waals surface area contributed by atoms with Crippen LogP contribution in [0.25, 0.3) is 38.6 Å². The van der Waals surface area contributed by atoms with E-state index in [4.69, 9.17) is 0 Å². The third kappa shape index (κ3) is 4.01. The normalized spacial score (nSPS) is 12.0. The van der Waals surface area contributed by atoms with Gasteiger partial charge in [0.05, 0.1) is 23.1 Å². The van der Waals surface area contributed by atoms with Crippen molar-refractivity contribution in [2.45, 2.75) is 32.6 Å². The van der Waals surface area contributed by atoms with Crippen LogP contribution in [0.3, 0.4) is 0 Å². The third-order valence-electron chi connectivity index (χ3n) is 6.76. The average molecular weight is 457 g/mol. The second-order valence-electron chi connectivity index (χ2n) is 10.2. The van der Waals surface area contributed by atoms with Crippen molar-refractivity contribution in [3.8, 4) is 16.8 Å². The Morgan fingerprint density at radius 1 is 0.743 bits per heavy atom. The van der Waals surface area contributed by atoms with Gasteiger partial charge in [-0.15, -0.1) is 5.10 Å². The fraction of sp³-hybridized carbons (Fsp3) is 0.161. The van der Waals surface area contributed by atoms with Crippen LogP contribution < -0.4 is 0 Å². The van der Waals surface area contributed by atoms with Gasteiger partial charge in [0.1, 0.15) is 0 Å². The molecule has 0 aliphatic carbocycles. The summed E-state index contributed by atoms with van der Waals surface area (Å²) >= 11 is 0. The highest BCUT2D eigenvalue weighted by atomic mass is 15.4. The number of aromatic amines is 1. The van der Waals surface area contributed by atoms with Crippen molar-refractivity contribution < 1.29 is 0 Å². The Kier molecular flexibility index (Phi) is 5.03. The van der Waals surface area contributed by atoms with E-state index in [0.717, 1.165) is 23.3 Å². The molecule has 0 bridgehead atoms. The smallest absolute Gasteiger partial charge is 0.0876 e. The van der Waals surface area contributed by atoms with Gasteiger partial charge in [-0.05, 0) is 45.9 Å². The average Bonchev–Trinajstić information content (AvgIpc) is 3.49. The first kappa shape index (κ1) is 21.4. The van der Waals surface area contributed by atoms with Crippen LogP contribution in [-0.4, -0.2) is 20.0 Å². The summed E-state index contributed by atoms with van der Waals surface area (Å²) < 4.78 is 1.85. The Hall–Kier alpha value is -4.18. The number of hydrogen-bond acceptors (Lipinski definition) is 2. The second-order valence-corrected chi connectivity index (χ2v) is 10.2. The highest BCUT2D eigenvalue weighted by Crippen LogP contribution is 2.29. The number of nitrogens with one attached hydrogen (secondary N) is 1. The van der Waals surface area contributed by atoms with Crippen molar-refractivity contribution in [3.05, 3.63) is 114 Å². The summed E-state index contributed by atoms with van der Waals surface area (Å²) in [6.45, 7) is 6.72. The van der Waals surface area contributed by atoms with E-state index in [1.165, 1.54) is 38.5 Å². The van der Waals surface area contributed by atoms with Crippen LogP contribution in [0, 0.1) is 0 Å². The summed E-state index contributed by atoms with van der Waals surface area (Å²) in [5.41, 5.74) is 9.41. The van der Waals surface area contributed by atoms with Gasteiger partial charge in [0.15, 0.2) is 0 Å². The van der Waals surface area contributed by atoms with Crippen LogP contribution in [0.4, 0.5) is 0 Å². The van der Waals surface area contributed by atoms with Crippen molar-refractivity contribution >= 4 is 21.8 Å². The van der Waals surface area contributed by atoms with Crippen molar-refractivity contribution in [1.82, 2.24) is 20.0 Å². The fourth-order valence-corrected chi connectivity index (χ4v) is 4.75. The Bertz CT molecular complexity index is 1630. The van der Waals surface area contributed by atoms with Crippen LogP contribution in [0.2, 0.25) is 0 Å². The molecule has 0 radical (unpaired) electrons. The number of aromatic nitrogens is 4. The molecule has 6 rings (SSSR count). The topological polar surface area (TPSA) is 46.5 Å². The van der Waals surface area contributed by atoms with Gasteiger partial charge in [-0.1, -0.05) is 98.8 Å². The molecule has 0 atom stereocenters. The summed E-state index contributed by atoms with van der Waals surface area (Å²) in [5, 5.41) is 11.4. The molecule has 0 amide bonds. The van der Waals surface area contributed by atoms with Crippen LogP contribution in [0.15, 0.2) is 97.2 Å². The SMILES string of the molecule is CC(C)(C)c1ccc(-c2ccc(-n3cc(Cc4cccc5c4[nH]c4ccccc45)nn3)cc2)cc1. The van der Waals surface area contributed by atoms with Crippen LogP contribution in [0.1, 0.15) is 37.6 Å². The van der Waals surface area contributed by atoms with Crippen LogP contribution in [0.5, 0.6) is 0 Å². The van der Waals surface area contributed by atoms with Gasteiger partial charge in [0.25, 0.3) is 0 Å². The molecule has 4 aromatic carbocycles. The van der Waals surface area contributed by atoms with Gasteiger partial charge >= 0.3 is 0 Å². The first-order chi connectivity index (χ1) is 17.0. The number of fused-ring (bicyclic) bond motifs is 3. The largest absolute Gasteiger partial charge is 0.354 e. The third-order valence-corrected chi connectivity index (χ3v) is 6.76. The predicted molar refractivity (Wildman–Crippen MR) is 144 cm³/mol. The van der Waals surface area contributed by atoms with Crippen molar-refractivity contribution in [2.24, 2.45) is 0 Å². The van der Waals surface area contributed by atoms with Gasteiger partial charge in [0, 0.05) is 22.7 Å². The minimum atomic E-state index is 0.160. The Balaban J connectivity index is 1.24. The summed E-state index contributed by atoms with van der Waals surface area (Å²) in [5.74, 6) is 0. The maximum atomic E-state index is 4.46. The van der Waals surface area contributed by atoms with Crippen molar-refractivity contribution in [3.63, 3.8) is 0 Å². The number of para-hydroxylation sites is 2. The van der Waals surface area contributed by atoms with Gasteiger partial charge in [-0.3, -0.25) is 0 Å². The lowest BCUT2D eigenvalue weighted by molar-refractivity contribution is 0.590. The lowest BCUT2D eigenvalue weighted by Crippen LogP contribution is -2.10. The second kappa shape index (κ2) is 8.24. The van der Waals surface area contributed by atoms with E-state index in [-0.39, 0.29) is 5.41 Å². The molecule has 0 aliphatic rings. The van der Waals surface area contributed by atoms with E-state index < -0.39 is 0 Å². The number of hydrogen-bond donors (Lipinski definition) is 1. The summed E-state index contributed by atoms with van der Waals surface area (Å²) in [6, 6.07) is 32.2. The lowest BCUT2D eigenvalue weighted by Gasteiger charge is -2.19. The summed E-state index contributed by atoms with van der Waals surface area (Å²) in [6.07, 6.45) is 2.75. The minimum absolute atomic E-state index is 0.160. The molecule has 4 heteroatoms. The fourth-order valence-electron chi connectivity index (χ4n) is 4.75. The molecule has 0 fully saturated rings. The zero-order chi connectivity index (χ0) is 24.0. The van der Waals surface area contributed by atoms with Crippen LogP contribution in [-0.2, 0) is 11.8 Å². The Morgan fingerprint density at radius 2 is 1.43 bits per heavy atom. The zero-order valence-corrected chi connectivity index (χ0v) is 20.3. The maximum absolute atomic E-state index is 4.46. The molecule has 2 aromatic heterocycles. The van der Waals surface area contributed by atoms with Gasteiger partial charge in [-0.25, -0.2) is 4.68 Å². The van der Waals surface area contributed by atoms with Crippen LogP contribution >= 0.6 is 0 Å². The zero-order valence-electron chi connectivity index (χ0n) is 20.3. The van der Waals surface area contributed by atoms with E-state index in [1.54, 1.807) is 0 Å². The predicted octanol–water partition coefficient (Wildman–Crippen LogP) is 7.46. The van der Waals surface area contributed by atoms with Gasteiger partial charge in [-0.2, -0.15) is 0 Å². The monoisotopic (exact) mass is 456 g/mol. The number of H-pyrrole nitrogens is 1. The molecule has 0 unspecified atom stereocenters. The molecule has 0 aliphatic heterocycles. The van der Waals surface area contributed by atoms with E-state index in [2.05, 4.69) is 127 Å². The number of rotatable bonds is 4. The lowest BCUT2D eigenvalue weighted by atomic mass is 9.86. The molecular formula is C31H28N4. The molecule has 6 aromatic rings.